The number of hydrogen-bond acceptors (Lipinski definition) is 8. The topological polar surface area (TPSA) is 107 Å². The first-order chi connectivity index (χ1) is 15.0. The molecular formula is C20H21Cl3N4O4S. The summed E-state index contributed by atoms with van der Waals surface area (Å²) in [5.74, 6) is 1.21. The summed E-state index contributed by atoms with van der Waals surface area (Å²) in [7, 11) is -3.49. The summed E-state index contributed by atoms with van der Waals surface area (Å²) in [6, 6.07) is 3.58. The second-order valence-electron chi connectivity index (χ2n) is 7.43. The molecule has 3 aromatic rings. The smallest absolute Gasteiger partial charge is 0.222 e. The third kappa shape index (κ3) is 5.46. The number of oxazole rings is 1. The highest BCUT2D eigenvalue weighted by Crippen LogP contribution is 2.40. The quantitative estimate of drug-likeness (QED) is 0.404. The summed E-state index contributed by atoms with van der Waals surface area (Å²) in [6.45, 7) is 4.35. The Labute approximate surface area is 201 Å². The molecule has 0 aliphatic rings. The summed E-state index contributed by atoms with van der Waals surface area (Å²) >= 11 is 18.4. The predicted molar refractivity (Wildman–Crippen MR) is 124 cm³/mol. The number of aromatic nitrogens is 3. The molecule has 12 heteroatoms. The monoisotopic (exact) mass is 518 g/mol. The average Bonchev–Trinajstić information content (AvgIpc) is 3.21. The van der Waals surface area contributed by atoms with Crippen LogP contribution in [0.2, 0.25) is 10.0 Å². The van der Waals surface area contributed by atoms with Crippen LogP contribution in [0.5, 0.6) is 5.75 Å². The summed E-state index contributed by atoms with van der Waals surface area (Å²) in [5, 5.41) is 3.59. The zero-order valence-corrected chi connectivity index (χ0v) is 20.6. The van der Waals surface area contributed by atoms with Gasteiger partial charge in [0.15, 0.2) is 32.8 Å². The van der Waals surface area contributed by atoms with Crippen molar-refractivity contribution in [3.05, 3.63) is 57.9 Å². The van der Waals surface area contributed by atoms with Gasteiger partial charge in [-0.25, -0.2) is 23.4 Å². The largest absolute Gasteiger partial charge is 0.489 e. The molecule has 1 N–H and O–H groups in total. The molecule has 0 atom stereocenters. The van der Waals surface area contributed by atoms with Crippen LogP contribution in [0.4, 0.5) is 5.95 Å². The maximum Gasteiger partial charge on any atom is 0.222 e. The van der Waals surface area contributed by atoms with Crippen molar-refractivity contribution in [1.82, 2.24) is 15.0 Å². The molecule has 0 fully saturated rings. The van der Waals surface area contributed by atoms with Crippen LogP contribution in [0.1, 0.15) is 30.7 Å². The van der Waals surface area contributed by atoms with Gasteiger partial charge in [-0.2, -0.15) is 0 Å². The molecule has 0 aliphatic carbocycles. The van der Waals surface area contributed by atoms with E-state index < -0.39 is 15.3 Å². The van der Waals surface area contributed by atoms with Crippen molar-refractivity contribution in [2.24, 2.45) is 0 Å². The maximum absolute atomic E-state index is 11.7. The minimum absolute atomic E-state index is 0.0696. The van der Waals surface area contributed by atoms with E-state index >= 15 is 0 Å². The van der Waals surface area contributed by atoms with Crippen LogP contribution in [0.3, 0.4) is 0 Å². The number of hydrogen-bond donors (Lipinski definition) is 1. The molecule has 0 bridgehead atoms. The molecule has 0 radical (unpaired) electrons. The minimum Gasteiger partial charge on any atom is -0.489 e. The number of benzene rings is 1. The minimum atomic E-state index is -3.49. The Hall–Kier alpha value is -2.07. The molecule has 0 saturated heterocycles. The Morgan fingerprint density at radius 3 is 2.28 bits per heavy atom. The van der Waals surface area contributed by atoms with Crippen LogP contribution in [0, 0.1) is 0 Å². The fourth-order valence-electron chi connectivity index (χ4n) is 2.95. The third-order valence-corrected chi connectivity index (χ3v) is 6.53. The molecule has 32 heavy (non-hydrogen) atoms. The molecular weight excluding hydrogens is 499 g/mol. The van der Waals surface area contributed by atoms with Crippen molar-refractivity contribution in [3.63, 3.8) is 0 Å². The van der Waals surface area contributed by atoms with E-state index in [9.17, 15) is 8.42 Å². The Bertz CT molecular complexity index is 1170. The fourth-order valence-corrected chi connectivity index (χ4v) is 4.39. The number of alkyl halides is 1. The van der Waals surface area contributed by atoms with Gasteiger partial charge in [-0.05, 0) is 23.3 Å². The van der Waals surface area contributed by atoms with Crippen molar-refractivity contribution >= 4 is 50.6 Å². The molecule has 0 spiro atoms. The second-order valence-corrected chi connectivity index (χ2v) is 10.6. The molecule has 2 heterocycles. The van der Waals surface area contributed by atoms with Gasteiger partial charge in [0.25, 0.3) is 0 Å². The van der Waals surface area contributed by atoms with Crippen LogP contribution >= 0.6 is 34.8 Å². The first kappa shape index (κ1) is 24.6. The van der Waals surface area contributed by atoms with E-state index in [-0.39, 0.29) is 17.3 Å². The highest BCUT2D eigenvalue weighted by molar-refractivity contribution is 7.90. The van der Waals surface area contributed by atoms with E-state index in [1.54, 1.807) is 24.5 Å². The van der Waals surface area contributed by atoms with E-state index in [4.69, 9.17) is 44.0 Å². The normalized spacial score (nSPS) is 12.1. The van der Waals surface area contributed by atoms with Crippen LogP contribution in [0.15, 0.2) is 40.4 Å². The van der Waals surface area contributed by atoms with Gasteiger partial charge in [0.05, 0.1) is 22.5 Å². The van der Waals surface area contributed by atoms with Crippen LogP contribution in [0.25, 0.3) is 0 Å². The Balaban J connectivity index is 1.77. The van der Waals surface area contributed by atoms with Gasteiger partial charge < -0.3 is 14.5 Å². The van der Waals surface area contributed by atoms with Crippen molar-refractivity contribution in [1.29, 1.82) is 0 Å². The molecule has 172 valence electrons. The van der Waals surface area contributed by atoms with Crippen LogP contribution < -0.4 is 10.1 Å². The lowest BCUT2D eigenvalue weighted by atomic mass is 9.79. The van der Waals surface area contributed by atoms with Gasteiger partial charge in [-0.15, -0.1) is 11.6 Å². The zero-order valence-electron chi connectivity index (χ0n) is 17.5. The van der Waals surface area contributed by atoms with Gasteiger partial charge in [0.1, 0.15) is 6.61 Å². The number of halogens is 3. The Morgan fingerprint density at radius 2 is 1.72 bits per heavy atom. The molecule has 3 rings (SSSR count). The van der Waals surface area contributed by atoms with Gasteiger partial charge >= 0.3 is 0 Å². The van der Waals surface area contributed by atoms with E-state index in [0.29, 0.717) is 34.2 Å². The van der Waals surface area contributed by atoms with E-state index in [1.165, 1.54) is 0 Å². The fraction of sp³-hybridized carbons (Fsp3) is 0.350. The number of nitrogens with zero attached hydrogens (tertiary/aromatic N) is 3. The van der Waals surface area contributed by atoms with Gasteiger partial charge in [-0.1, -0.05) is 37.0 Å². The molecule has 0 amide bonds. The lowest BCUT2D eigenvalue weighted by molar-refractivity contribution is 0.343. The van der Waals surface area contributed by atoms with Gasteiger partial charge in [0.2, 0.25) is 5.95 Å². The SMILES string of the molecule is CC(C)(c1cnc(NCc2ocnc2S(C)(=O)=O)nc1)c1cc(Cl)c(OCCCl)c(Cl)c1. The number of nitrogens with one attached hydrogen (secondary N) is 1. The molecule has 0 saturated carbocycles. The predicted octanol–water partition coefficient (Wildman–Crippen LogP) is 4.73. The highest BCUT2D eigenvalue weighted by Gasteiger charge is 2.27. The average molecular weight is 520 g/mol. The number of anilines is 1. The lowest BCUT2D eigenvalue weighted by Crippen LogP contribution is -2.20. The summed E-state index contributed by atoms with van der Waals surface area (Å²) in [6.07, 6.45) is 5.50. The number of sulfone groups is 1. The summed E-state index contributed by atoms with van der Waals surface area (Å²) in [5.41, 5.74) is 1.17. The van der Waals surface area contributed by atoms with Crippen LogP contribution in [-0.4, -0.2) is 42.1 Å². The van der Waals surface area contributed by atoms with Crippen molar-refractivity contribution in [2.45, 2.75) is 30.8 Å². The van der Waals surface area contributed by atoms with E-state index in [2.05, 4.69) is 20.3 Å². The molecule has 0 aliphatic heterocycles. The van der Waals surface area contributed by atoms with Crippen LogP contribution in [-0.2, 0) is 21.8 Å². The first-order valence-corrected chi connectivity index (χ1v) is 12.6. The molecule has 8 nitrogen and oxygen atoms in total. The Kier molecular flexibility index (Phi) is 7.54. The van der Waals surface area contributed by atoms with Gasteiger partial charge in [-0.3, -0.25) is 0 Å². The zero-order chi connectivity index (χ0) is 23.5. The summed E-state index contributed by atoms with van der Waals surface area (Å²) < 4.78 is 34.1. The van der Waals surface area contributed by atoms with Crippen molar-refractivity contribution in [2.75, 3.05) is 24.1 Å². The lowest BCUT2D eigenvalue weighted by Gasteiger charge is -2.26. The standard InChI is InChI=1S/C20H21Cl3N4O4S/c1-20(2,12-6-14(22)17(15(23)7-12)30-5-4-21)13-8-24-19(25-9-13)26-10-16-18(27-11-31-16)32(3,28)29/h6-9,11H,4-5,10H2,1-3H3,(H,24,25,26). The summed E-state index contributed by atoms with van der Waals surface area (Å²) in [4.78, 5) is 12.4. The van der Waals surface area contributed by atoms with Crippen molar-refractivity contribution in [3.8, 4) is 5.75 Å². The maximum atomic E-state index is 11.7. The van der Waals surface area contributed by atoms with Crippen molar-refractivity contribution < 1.29 is 17.6 Å². The number of rotatable bonds is 9. The molecule has 2 aromatic heterocycles. The number of ether oxygens (including phenoxy) is 1. The Morgan fingerprint density at radius 1 is 1.09 bits per heavy atom. The van der Waals surface area contributed by atoms with E-state index in [0.717, 1.165) is 23.8 Å². The second kappa shape index (κ2) is 9.82. The molecule has 1 aromatic carbocycles. The first-order valence-electron chi connectivity index (χ1n) is 9.41. The van der Waals surface area contributed by atoms with E-state index in [1.807, 2.05) is 13.8 Å². The highest BCUT2D eigenvalue weighted by atomic mass is 35.5. The van der Waals surface area contributed by atoms with Gasteiger partial charge in [0, 0.05) is 24.1 Å². The molecule has 0 unspecified atom stereocenters. The third-order valence-electron chi connectivity index (χ3n) is 4.78.